The Labute approximate surface area is 107 Å². The molecule has 0 N–H and O–H groups in total. The zero-order chi connectivity index (χ0) is 12.9. The van der Waals surface area contributed by atoms with Crippen molar-refractivity contribution in [3.63, 3.8) is 0 Å². The van der Waals surface area contributed by atoms with E-state index in [0.29, 0.717) is 6.42 Å². The maximum absolute atomic E-state index is 12.0. The molecule has 1 aromatic heterocycles. The van der Waals surface area contributed by atoms with Gasteiger partial charge in [0.2, 0.25) is 0 Å². The second kappa shape index (κ2) is 3.95. The van der Waals surface area contributed by atoms with Gasteiger partial charge in [0.25, 0.3) is 0 Å². The molecule has 2 heterocycles. The van der Waals surface area contributed by atoms with Crippen molar-refractivity contribution in [2.75, 3.05) is 7.05 Å². The highest BCUT2D eigenvalue weighted by atomic mass is 16.1. The van der Waals surface area contributed by atoms with E-state index >= 15 is 0 Å². The molecule has 2 aromatic rings. The summed E-state index contributed by atoms with van der Waals surface area (Å²) in [7, 11) is 4.14. The Kier molecular flexibility index (Phi) is 2.52. The quantitative estimate of drug-likeness (QED) is 0.757. The summed E-state index contributed by atoms with van der Waals surface area (Å²) in [5, 5.41) is 1.11. The fourth-order valence-corrected chi connectivity index (χ4v) is 2.86. The lowest BCUT2D eigenvalue weighted by Gasteiger charge is -2.02. The molecule has 1 aliphatic rings. The average molecular weight is 242 g/mol. The molecule has 0 saturated carbocycles. The van der Waals surface area contributed by atoms with Crippen molar-refractivity contribution in [3.8, 4) is 0 Å². The lowest BCUT2D eigenvalue weighted by atomic mass is 10.0. The van der Waals surface area contributed by atoms with Gasteiger partial charge in [-0.2, -0.15) is 0 Å². The number of Topliss-reactive ketones (excluding diaryl/α,β-unsaturated/α-hetero) is 1. The summed E-state index contributed by atoms with van der Waals surface area (Å²) in [5.41, 5.74) is 4.79. The number of ketones is 1. The van der Waals surface area contributed by atoms with E-state index in [-0.39, 0.29) is 5.78 Å². The van der Waals surface area contributed by atoms with Crippen molar-refractivity contribution >= 4 is 16.7 Å². The summed E-state index contributed by atoms with van der Waals surface area (Å²) in [4.78, 5) is 14.3. The molecule has 18 heavy (non-hydrogen) atoms. The molecule has 0 amide bonds. The second-order valence-corrected chi connectivity index (χ2v) is 5.24. The van der Waals surface area contributed by atoms with Crippen LogP contribution in [0, 0.1) is 0 Å². The summed E-state index contributed by atoms with van der Waals surface area (Å²) >= 11 is 0. The van der Waals surface area contributed by atoms with E-state index < -0.39 is 0 Å². The number of nitrogens with zero attached hydrogens (tertiary/aromatic N) is 2. The second-order valence-electron chi connectivity index (χ2n) is 5.24. The van der Waals surface area contributed by atoms with Gasteiger partial charge in [-0.3, -0.25) is 9.69 Å². The monoisotopic (exact) mass is 242 g/mol. The Morgan fingerprint density at radius 1 is 1.22 bits per heavy atom. The topological polar surface area (TPSA) is 25.2 Å². The number of fused-ring (bicyclic) bond motifs is 2. The van der Waals surface area contributed by atoms with Gasteiger partial charge in [0.05, 0.1) is 0 Å². The third-order valence-corrected chi connectivity index (χ3v) is 3.81. The summed E-state index contributed by atoms with van der Waals surface area (Å²) in [6.07, 6.45) is 2.53. The van der Waals surface area contributed by atoms with Crippen LogP contribution in [0.2, 0.25) is 0 Å². The average Bonchev–Trinajstić information content (AvgIpc) is 2.85. The minimum Gasteiger partial charge on any atom is -0.350 e. The van der Waals surface area contributed by atoms with Crippen LogP contribution in [0.4, 0.5) is 0 Å². The summed E-state index contributed by atoms with van der Waals surface area (Å²) < 4.78 is 2.07. The SMILES string of the molecule is CCC(=O)c1cn(C)c2cc3c(cc12)CN(C)C3. The number of carbonyl (C=O) groups is 1. The molecule has 0 spiro atoms. The molecule has 0 atom stereocenters. The van der Waals surface area contributed by atoms with Gasteiger partial charge < -0.3 is 4.57 Å². The van der Waals surface area contributed by atoms with Gasteiger partial charge in [-0.25, -0.2) is 0 Å². The van der Waals surface area contributed by atoms with E-state index in [4.69, 9.17) is 0 Å². The zero-order valence-electron chi connectivity index (χ0n) is 11.2. The minimum absolute atomic E-state index is 0.229. The van der Waals surface area contributed by atoms with Gasteiger partial charge in [0.1, 0.15) is 0 Å². The van der Waals surface area contributed by atoms with Crippen molar-refractivity contribution in [1.82, 2.24) is 9.47 Å². The van der Waals surface area contributed by atoms with Crippen molar-refractivity contribution < 1.29 is 4.79 Å². The van der Waals surface area contributed by atoms with Crippen LogP contribution >= 0.6 is 0 Å². The van der Waals surface area contributed by atoms with Gasteiger partial charge in [-0.15, -0.1) is 0 Å². The minimum atomic E-state index is 0.229. The van der Waals surface area contributed by atoms with Crippen LogP contribution in [0.5, 0.6) is 0 Å². The number of aryl methyl sites for hydroxylation is 1. The van der Waals surface area contributed by atoms with E-state index in [1.807, 2.05) is 20.2 Å². The Balaban J connectivity index is 2.24. The molecule has 0 bridgehead atoms. The smallest absolute Gasteiger partial charge is 0.164 e. The number of hydrogen-bond acceptors (Lipinski definition) is 2. The highest BCUT2D eigenvalue weighted by Gasteiger charge is 2.20. The first-order valence-electron chi connectivity index (χ1n) is 6.42. The normalized spacial score (nSPS) is 15.3. The largest absolute Gasteiger partial charge is 0.350 e. The number of rotatable bonds is 2. The first-order valence-corrected chi connectivity index (χ1v) is 6.42. The molecule has 3 heteroatoms. The molecule has 0 radical (unpaired) electrons. The van der Waals surface area contributed by atoms with Crippen molar-refractivity contribution in [3.05, 3.63) is 35.0 Å². The third-order valence-electron chi connectivity index (χ3n) is 3.81. The molecule has 1 aliphatic heterocycles. The van der Waals surface area contributed by atoms with Gasteiger partial charge in [-0.05, 0) is 30.3 Å². The molecule has 94 valence electrons. The lowest BCUT2D eigenvalue weighted by molar-refractivity contribution is 0.0989. The van der Waals surface area contributed by atoms with Crippen LogP contribution < -0.4 is 0 Å². The van der Waals surface area contributed by atoms with E-state index in [1.165, 1.54) is 16.6 Å². The highest BCUT2D eigenvalue weighted by Crippen LogP contribution is 2.30. The van der Waals surface area contributed by atoms with E-state index in [9.17, 15) is 4.79 Å². The summed E-state index contributed by atoms with van der Waals surface area (Å²) in [6, 6.07) is 4.44. The van der Waals surface area contributed by atoms with Crippen LogP contribution in [0.15, 0.2) is 18.3 Å². The van der Waals surface area contributed by atoms with Crippen LogP contribution in [0.25, 0.3) is 10.9 Å². The third kappa shape index (κ3) is 1.58. The number of carbonyl (C=O) groups excluding carboxylic acids is 1. The predicted octanol–water partition coefficient (Wildman–Crippen LogP) is 2.72. The number of hydrogen-bond donors (Lipinski definition) is 0. The summed E-state index contributed by atoms with van der Waals surface area (Å²) in [6.45, 7) is 3.91. The van der Waals surface area contributed by atoms with E-state index in [0.717, 1.165) is 24.0 Å². The summed E-state index contributed by atoms with van der Waals surface area (Å²) in [5.74, 6) is 0.229. The van der Waals surface area contributed by atoms with Gasteiger partial charge in [0.15, 0.2) is 5.78 Å². The maximum atomic E-state index is 12.0. The van der Waals surface area contributed by atoms with Crippen LogP contribution in [-0.2, 0) is 20.1 Å². The molecule has 3 nitrogen and oxygen atoms in total. The van der Waals surface area contributed by atoms with Crippen molar-refractivity contribution in [2.24, 2.45) is 7.05 Å². The van der Waals surface area contributed by atoms with Crippen molar-refractivity contribution in [1.29, 1.82) is 0 Å². The van der Waals surface area contributed by atoms with Crippen molar-refractivity contribution in [2.45, 2.75) is 26.4 Å². The molecule has 1 aromatic carbocycles. The Bertz CT molecular complexity index is 639. The fraction of sp³-hybridized carbons (Fsp3) is 0.400. The first kappa shape index (κ1) is 11.5. The first-order chi connectivity index (χ1) is 8.60. The van der Waals surface area contributed by atoms with Gasteiger partial charge in [-0.1, -0.05) is 6.92 Å². The molecule has 0 unspecified atom stereocenters. The molecule has 0 saturated heterocycles. The maximum Gasteiger partial charge on any atom is 0.164 e. The molecule has 3 rings (SSSR count). The van der Waals surface area contributed by atoms with Crippen LogP contribution in [0.3, 0.4) is 0 Å². The van der Waals surface area contributed by atoms with E-state index in [1.54, 1.807) is 0 Å². The fourth-order valence-electron chi connectivity index (χ4n) is 2.86. The number of benzene rings is 1. The van der Waals surface area contributed by atoms with E-state index in [2.05, 4.69) is 28.6 Å². The molecule has 0 aliphatic carbocycles. The molecule has 0 fully saturated rings. The van der Waals surface area contributed by atoms with Gasteiger partial charge >= 0.3 is 0 Å². The molecular formula is C15H18N2O. The standard InChI is InChI=1S/C15H18N2O/c1-4-15(18)13-9-17(3)14-6-11-8-16(2)7-10(11)5-12(13)14/h5-6,9H,4,7-8H2,1-3H3. The van der Waals surface area contributed by atoms with Gasteiger partial charge in [0, 0.05) is 49.2 Å². The predicted molar refractivity (Wildman–Crippen MR) is 72.7 cm³/mol. The highest BCUT2D eigenvalue weighted by molar-refractivity contribution is 6.08. The number of aromatic nitrogens is 1. The lowest BCUT2D eigenvalue weighted by Crippen LogP contribution is -2.07. The van der Waals surface area contributed by atoms with Crippen LogP contribution in [-0.4, -0.2) is 22.3 Å². The van der Waals surface area contributed by atoms with Crippen LogP contribution in [0.1, 0.15) is 34.8 Å². The Hall–Kier alpha value is -1.61. The molecular weight excluding hydrogens is 224 g/mol. The Morgan fingerprint density at radius 2 is 1.89 bits per heavy atom. The Morgan fingerprint density at radius 3 is 2.56 bits per heavy atom. The zero-order valence-corrected chi connectivity index (χ0v) is 11.2.